The van der Waals surface area contributed by atoms with Crippen molar-refractivity contribution in [2.24, 2.45) is 0 Å². The van der Waals surface area contributed by atoms with Crippen molar-refractivity contribution in [1.82, 2.24) is 4.98 Å². The fourth-order valence-corrected chi connectivity index (χ4v) is 5.33. The molecule has 216 valence electrons. The number of hydrogen-bond donors (Lipinski definition) is 2. The van der Waals surface area contributed by atoms with E-state index >= 15 is 0 Å². The summed E-state index contributed by atoms with van der Waals surface area (Å²) in [4.78, 5) is 16.5. The van der Waals surface area contributed by atoms with Crippen molar-refractivity contribution in [3.63, 3.8) is 0 Å². The number of halogens is 1. The highest BCUT2D eigenvalue weighted by atomic mass is 35.5. The average molecular weight is 583 g/mol. The molecule has 0 amide bonds. The first-order valence-electron chi connectivity index (χ1n) is 14.1. The lowest BCUT2D eigenvalue weighted by Gasteiger charge is -2.16. The summed E-state index contributed by atoms with van der Waals surface area (Å²) in [7, 11) is 1.65. The van der Waals surface area contributed by atoms with Gasteiger partial charge in [-0.1, -0.05) is 54.1 Å². The molecule has 0 spiro atoms. The summed E-state index contributed by atoms with van der Waals surface area (Å²) >= 11 is 6.39. The van der Waals surface area contributed by atoms with Crippen LogP contribution in [0.5, 0.6) is 11.5 Å². The number of benzene rings is 4. The molecule has 0 saturated heterocycles. The number of hydrogen-bond acceptors (Lipinski definition) is 5. The van der Waals surface area contributed by atoms with E-state index in [2.05, 4.69) is 34.6 Å². The first kappa shape index (κ1) is 29.1. The zero-order chi connectivity index (χ0) is 29.6. The SMILES string of the molecule is CCOC(=O)c1[nH]c2ccc(-c3ccc(OC(C)C)cc3)c(Cc3cccc(Cl)c3)c2c1NCc1ccc(OC)cc1. The topological polar surface area (TPSA) is 72.6 Å². The highest BCUT2D eigenvalue weighted by Gasteiger charge is 2.23. The molecule has 0 fully saturated rings. The molecule has 0 aliphatic rings. The van der Waals surface area contributed by atoms with E-state index in [-0.39, 0.29) is 12.7 Å². The van der Waals surface area contributed by atoms with Crippen LogP contribution in [0.4, 0.5) is 5.69 Å². The molecular formula is C35H35ClN2O4. The molecule has 5 rings (SSSR count). The Kier molecular flexibility index (Phi) is 9.03. The first-order valence-corrected chi connectivity index (χ1v) is 14.5. The van der Waals surface area contributed by atoms with Crippen LogP contribution in [0.3, 0.4) is 0 Å². The smallest absolute Gasteiger partial charge is 0.356 e. The Balaban J connectivity index is 1.67. The molecule has 0 aliphatic carbocycles. The van der Waals surface area contributed by atoms with E-state index in [0.29, 0.717) is 29.4 Å². The number of esters is 1. The number of ether oxygens (including phenoxy) is 3. The fraction of sp³-hybridized carbons (Fsp3) is 0.229. The van der Waals surface area contributed by atoms with Gasteiger partial charge in [0.25, 0.3) is 0 Å². The highest BCUT2D eigenvalue weighted by Crippen LogP contribution is 2.39. The standard InChI is InChI=1S/C35H35ClN2O4/c1-5-41-35(39)34-33(37-21-23-9-13-27(40-4)14-10-23)32-30(20-24-7-6-8-26(36)19-24)29(17-18-31(32)38-34)25-11-15-28(16-12-25)42-22(2)3/h6-19,22,37-38H,5,20-21H2,1-4H3. The molecule has 1 heterocycles. The maximum atomic E-state index is 13.2. The lowest BCUT2D eigenvalue weighted by atomic mass is 9.91. The number of H-pyrrole nitrogens is 1. The van der Waals surface area contributed by atoms with Gasteiger partial charge in [-0.2, -0.15) is 0 Å². The first-order chi connectivity index (χ1) is 20.4. The van der Waals surface area contributed by atoms with E-state index in [0.717, 1.165) is 50.2 Å². The number of aromatic nitrogens is 1. The molecule has 0 atom stereocenters. The Labute approximate surface area is 251 Å². The van der Waals surface area contributed by atoms with Crippen LogP contribution in [-0.2, 0) is 17.7 Å². The Morgan fingerprint density at radius 3 is 2.33 bits per heavy atom. The number of fused-ring (bicyclic) bond motifs is 1. The number of rotatable bonds is 11. The van der Waals surface area contributed by atoms with Crippen LogP contribution in [0.2, 0.25) is 5.02 Å². The quantitative estimate of drug-likeness (QED) is 0.152. The number of aromatic amines is 1. The van der Waals surface area contributed by atoms with Gasteiger partial charge in [0.2, 0.25) is 0 Å². The molecule has 6 nitrogen and oxygen atoms in total. The van der Waals surface area contributed by atoms with Gasteiger partial charge in [0.15, 0.2) is 0 Å². The number of methoxy groups -OCH3 is 1. The van der Waals surface area contributed by atoms with Crippen LogP contribution < -0.4 is 14.8 Å². The van der Waals surface area contributed by atoms with Gasteiger partial charge in [0.1, 0.15) is 17.2 Å². The van der Waals surface area contributed by atoms with E-state index in [1.807, 2.05) is 74.5 Å². The van der Waals surface area contributed by atoms with Gasteiger partial charge in [0.05, 0.1) is 25.5 Å². The summed E-state index contributed by atoms with van der Waals surface area (Å²) < 4.78 is 16.7. The van der Waals surface area contributed by atoms with Gasteiger partial charge in [-0.25, -0.2) is 4.79 Å². The second-order valence-electron chi connectivity index (χ2n) is 10.3. The van der Waals surface area contributed by atoms with E-state index < -0.39 is 5.97 Å². The van der Waals surface area contributed by atoms with Crippen LogP contribution in [-0.4, -0.2) is 30.8 Å². The van der Waals surface area contributed by atoms with Crippen LogP contribution in [0.1, 0.15) is 48.0 Å². The molecule has 2 N–H and O–H groups in total. The third-order valence-electron chi connectivity index (χ3n) is 6.99. The normalized spacial score (nSPS) is 11.1. The van der Waals surface area contributed by atoms with Crippen molar-refractivity contribution >= 4 is 34.2 Å². The molecule has 4 aromatic carbocycles. The second-order valence-corrected chi connectivity index (χ2v) is 10.7. The summed E-state index contributed by atoms with van der Waals surface area (Å²) in [6, 6.07) is 28.0. The minimum Gasteiger partial charge on any atom is -0.497 e. The molecule has 0 aliphatic heterocycles. The third-order valence-corrected chi connectivity index (χ3v) is 7.22. The minimum atomic E-state index is -0.406. The van der Waals surface area contributed by atoms with Crippen molar-refractivity contribution in [3.8, 4) is 22.6 Å². The molecule has 0 bridgehead atoms. The summed E-state index contributed by atoms with van der Waals surface area (Å²) in [5.74, 6) is 1.20. The largest absolute Gasteiger partial charge is 0.497 e. The van der Waals surface area contributed by atoms with Crippen molar-refractivity contribution in [2.75, 3.05) is 19.0 Å². The summed E-state index contributed by atoms with van der Waals surface area (Å²) in [6.45, 7) is 6.61. The van der Waals surface area contributed by atoms with Crippen molar-refractivity contribution in [3.05, 3.63) is 112 Å². The van der Waals surface area contributed by atoms with Crippen molar-refractivity contribution in [2.45, 2.75) is 39.8 Å². The lowest BCUT2D eigenvalue weighted by Crippen LogP contribution is -2.09. The van der Waals surface area contributed by atoms with Crippen LogP contribution in [0, 0.1) is 0 Å². The van der Waals surface area contributed by atoms with Crippen LogP contribution in [0.15, 0.2) is 84.9 Å². The monoisotopic (exact) mass is 582 g/mol. The molecule has 0 saturated carbocycles. The molecular weight excluding hydrogens is 548 g/mol. The summed E-state index contributed by atoms with van der Waals surface area (Å²) in [5.41, 5.74) is 7.23. The van der Waals surface area contributed by atoms with E-state index in [1.54, 1.807) is 14.0 Å². The molecule has 5 aromatic rings. The molecule has 1 aromatic heterocycles. The summed E-state index contributed by atoms with van der Waals surface area (Å²) in [5, 5.41) is 5.17. The fourth-order valence-electron chi connectivity index (χ4n) is 5.12. The lowest BCUT2D eigenvalue weighted by molar-refractivity contribution is 0.0521. The van der Waals surface area contributed by atoms with Gasteiger partial charge in [0, 0.05) is 22.5 Å². The van der Waals surface area contributed by atoms with E-state index in [9.17, 15) is 4.79 Å². The predicted molar refractivity (Wildman–Crippen MR) is 170 cm³/mol. The number of carbonyl (C=O) groups excluding carboxylic acids is 1. The third kappa shape index (κ3) is 6.55. The maximum Gasteiger partial charge on any atom is 0.356 e. The second kappa shape index (κ2) is 13.0. The van der Waals surface area contributed by atoms with Crippen molar-refractivity contribution < 1.29 is 19.0 Å². The highest BCUT2D eigenvalue weighted by molar-refractivity contribution is 6.30. The molecule has 0 radical (unpaired) electrons. The van der Waals surface area contributed by atoms with Gasteiger partial charge in [-0.3, -0.25) is 0 Å². The zero-order valence-electron chi connectivity index (χ0n) is 24.3. The molecule has 7 heteroatoms. The van der Waals surface area contributed by atoms with Gasteiger partial charge in [-0.15, -0.1) is 0 Å². The average Bonchev–Trinajstić information content (AvgIpc) is 3.36. The Morgan fingerprint density at radius 1 is 0.929 bits per heavy atom. The maximum absolute atomic E-state index is 13.2. The Morgan fingerprint density at radius 2 is 1.67 bits per heavy atom. The van der Waals surface area contributed by atoms with Crippen LogP contribution in [0.25, 0.3) is 22.0 Å². The summed E-state index contributed by atoms with van der Waals surface area (Å²) in [6.07, 6.45) is 0.695. The molecule has 0 unspecified atom stereocenters. The van der Waals surface area contributed by atoms with Crippen LogP contribution >= 0.6 is 11.6 Å². The van der Waals surface area contributed by atoms with Crippen molar-refractivity contribution in [1.29, 1.82) is 0 Å². The number of carbonyl (C=O) groups is 1. The minimum absolute atomic E-state index is 0.0890. The Bertz CT molecular complexity index is 1670. The van der Waals surface area contributed by atoms with Gasteiger partial charge < -0.3 is 24.5 Å². The predicted octanol–water partition coefficient (Wildman–Crippen LogP) is 8.66. The van der Waals surface area contributed by atoms with Gasteiger partial charge >= 0.3 is 5.97 Å². The van der Waals surface area contributed by atoms with Gasteiger partial charge in [-0.05, 0) is 97.5 Å². The number of nitrogens with one attached hydrogen (secondary N) is 2. The van der Waals surface area contributed by atoms with E-state index in [1.165, 1.54) is 0 Å². The zero-order valence-corrected chi connectivity index (χ0v) is 25.0. The number of anilines is 1. The van der Waals surface area contributed by atoms with E-state index in [4.69, 9.17) is 25.8 Å². The Hall–Kier alpha value is -4.42. The molecule has 42 heavy (non-hydrogen) atoms.